The number of anilines is 1. The van der Waals surface area contributed by atoms with Crippen molar-refractivity contribution in [2.45, 2.75) is 26.9 Å². The molecule has 0 aliphatic carbocycles. The minimum absolute atomic E-state index is 0.263. The molecular formula is C27H22ClN7O. The molecule has 9 heteroatoms. The molecule has 5 aromatic rings. The molecule has 0 bridgehead atoms. The van der Waals surface area contributed by atoms with Gasteiger partial charge in [0.05, 0.1) is 21.7 Å². The second-order valence-electron chi connectivity index (χ2n) is 8.67. The largest absolute Gasteiger partial charge is 0.384 e. The number of nitrogens with one attached hydrogen (secondary N) is 1. The van der Waals surface area contributed by atoms with Gasteiger partial charge in [0.25, 0.3) is 5.91 Å². The monoisotopic (exact) mass is 495 g/mol. The number of hydrogen-bond acceptors (Lipinski definition) is 6. The second-order valence-corrected chi connectivity index (χ2v) is 9.11. The van der Waals surface area contributed by atoms with Gasteiger partial charge in [0.2, 0.25) is 0 Å². The van der Waals surface area contributed by atoms with E-state index < -0.39 is 0 Å². The molecule has 1 aromatic carbocycles. The van der Waals surface area contributed by atoms with Crippen LogP contribution in [0.15, 0.2) is 55.0 Å². The molecule has 4 heterocycles. The van der Waals surface area contributed by atoms with Gasteiger partial charge in [0.1, 0.15) is 17.5 Å². The maximum Gasteiger partial charge on any atom is 0.253 e. The zero-order valence-electron chi connectivity index (χ0n) is 19.7. The van der Waals surface area contributed by atoms with Crippen LogP contribution < -0.4 is 11.1 Å². The number of nitriles is 1. The fourth-order valence-electron chi connectivity index (χ4n) is 4.40. The molecule has 0 saturated carbocycles. The molecule has 1 amide bonds. The number of halogens is 1. The second kappa shape index (κ2) is 9.29. The number of hydrogen-bond donors (Lipinski definition) is 2. The van der Waals surface area contributed by atoms with Gasteiger partial charge in [-0.1, -0.05) is 17.7 Å². The Bertz CT molecular complexity index is 1680. The van der Waals surface area contributed by atoms with E-state index >= 15 is 0 Å². The molecule has 8 nitrogen and oxygen atoms in total. The standard InChI is InChI=1S/C27H22ClN7O/c1-15-5-25(30)34-16(2)22(15)12-33-27(36)23-14-35(26-21(23)7-18(9-29)10-32-26)13-17-3-4-24-19(6-17)8-20(28)11-31-24/h3-8,10-11,14H,12-13H2,1-2H3,(H2,30,34)(H,33,36). The van der Waals surface area contributed by atoms with E-state index in [-0.39, 0.29) is 5.91 Å². The highest BCUT2D eigenvalue weighted by Gasteiger charge is 2.18. The number of aryl methyl sites for hydroxylation is 2. The van der Waals surface area contributed by atoms with E-state index in [0.29, 0.717) is 46.1 Å². The van der Waals surface area contributed by atoms with Crippen molar-refractivity contribution in [2.75, 3.05) is 5.73 Å². The van der Waals surface area contributed by atoms with Crippen LogP contribution in [0.1, 0.15) is 38.3 Å². The van der Waals surface area contributed by atoms with E-state index in [4.69, 9.17) is 17.3 Å². The van der Waals surface area contributed by atoms with Gasteiger partial charge in [-0.2, -0.15) is 5.26 Å². The first-order valence-electron chi connectivity index (χ1n) is 11.3. The number of carbonyl (C=O) groups excluding carboxylic acids is 1. The van der Waals surface area contributed by atoms with Crippen LogP contribution in [-0.2, 0) is 13.1 Å². The number of nitrogens with zero attached hydrogens (tertiary/aromatic N) is 5. The van der Waals surface area contributed by atoms with Gasteiger partial charge < -0.3 is 15.6 Å². The van der Waals surface area contributed by atoms with Crippen LogP contribution in [0.2, 0.25) is 5.02 Å². The maximum atomic E-state index is 13.3. The third-order valence-electron chi connectivity index (χ3n) is 6.15. The smallest absolute Gasteiger partial charge is 0.253 e. The van der Waals surface area contributed by atoms with E-state index in [1.165, 1.54) is 6.20 Å². The van der Waals surface area contributed by atoms with Crippen LogP contribution in [0.4, 0.5) is 5.82 Å². The van der Waals surface area contributed by atoms with Crippen molar-refractivity contribution in [3.05, 3.63) is 93.5 Å². The molecule has 0 aliphatic rings. The third kappa shape index (κ3) is 4.44. The number of nitrogens with two attached hydrogens (primary N) is 1. The summed E-state index contributed by atoms with van der Waals surface area (Å²) in [5.41, 5.74) is 11.8. The summed E-state index contributed by atoms with van der Waals surface area (Å²) in [6, 6.07) is 13.4. The van der Waals surface area contributed by atoms with Gasteiger partial charge in [0.15, 0.2) is 0 Å². The third-order valence-corrected chi connectivity index (χ3v) is 6.36. The quantitative estimate of drug-likeness (QED) is 0.365. The van der Waals surface area contributed by atoms with Gasteiger partial charge in [-0.05, 0) is 60.9 Å². The van der Waals surface area contributed by atoms with Crippen molar-refractivity contribution < 1.29 is 4.79 Å². The molecule has 0 aliphatic heterocycles. The van der Waals surface area contributed by atoms with Crippen molar-refractivity contribution in [1.29, 1.82) is 5.26 Å². The first kappa shape index (κ1) is 23.3. The summed E-state index contributed by atoms with van der Waals surface area (Å²) in [6.45, 7) is 4.59. The Morgan fingerprint density at radius 3 is 2.78 bits per heavy atom. The molecule has 0 radical (unpaired) electrons. The lowest BCUT2D eigenvalue weighted by molar-refractivity contribution is 0.0952. The Morgan fingerprint density at radius 2 is 2.00 bits per heavy atom. The summed E-state index contributed by atoms with van der Waals surface area (Å²) in [5.74, 6) is 0.186. The van der Waals surface area contributed by atoms with Crippen molar-refractivity contribution in [3.8, 4) is 6.07 Å². The zero-order chi connectivity index (χ0) is 25.4. The topological polar surface area (TPSA) is 123 Å². The van der Waals surface area contributed by atoms with E-state index in [9.17, 15) is 10.1 Å². The van der Waals surface area contributed by atoms with Gasteiger partial charge in [0, 0.05) is 48.1 Å². The molecular weight excluding hydrogens is 474 g/mol. The van der Waals surface area contributed by atoms with Crippen LogP contribution in [0.25, 0.3) is 21.9 Å². The van der Waals surface area contributed by atoms with Crippen LogP contribution in [0, 0.1) is 25.2 Å². The average Bonchev–Trinajstić information content (AvgIpc) is 3.20. The predicted molar refractivity (Wildman–Crippen MR) is 140 cm³/mol. The first-order valence-corrected chi connectivity index (χ1v) is 11.6. The molecule has 0 atom stereocenters. The highest BCUT2D eigenvalue weighted by atomic mass is 35.5. The minimum Gasteiger partial charge on any atom is -0.384 e. The summed E-state index contributed by atoms with van der Waals surface area (Å²) in [5, 5.41) is 14.5. The fourth-order valence-corrected chi connectivity index (χ4v) is 4.57. The number of aromatic nitrogens is 4. The number of benzene rings is 1. The van der Waals surface area contributed by atoms with Crippen LogP contribution >= 0.6 is 11.6 Å². The number of carbonyl (C=O) groups is 1. The van der Waals surface area contributed by atoms with E-state index in [1.807, 2.05) is 42.7 Å². The van der Waals surface area contributed by atoms with E-state index in [2.05, 4.69) is 26.3 Å². The van der Waals surface area contributed by atoms with Gasteiger partial charge in [-0.3, -0.25) is 9.78 Å². The van der Waals surface area contributed by atoms with Crippen molar-refractivity contribution in [2.24, 2.45) is 0 Å². The molecule has 5 rings (SSSR count). The molecule has 3 N–H and O–H groups in total. The summed E-state index contributed by atoms with van der Waals surface area (Å²) >= 11 is 6.12. The lowest BCUT2D eigenvalue weighted by atomic mass is 10.1. The van der Waals surface area contributed by atoms with Crippen molar-refractivity contribution >= 4 is 45.3 Å². The number of rotatable bonds is 5. The average molecular weight is 496 g/mol. The predicted octanol–water partition coefficient (Wildman–Crippen LogP) is 4.68. The molecule has 4 aromatic heterocycles. The van der Waals surface area contributed by atoms with E-state index in [0.717, 1.165) is 33.3 Å². The normalized spacial score (nSPS) is 11.1. The van der Waals surface area contributed by atoms with Gasteiger partial charge in [-0.15, -0.1) is 0 Å². The SMILES string of the molecule is Cc1cc(N)nc(C)c1CNC(=O)c1cn(Cc2ccc3ncc(Cl)cc3c2)c2ncc(C#N)cc12. The number of pyridine rings is 3. The lowest BCUT2D eigenvalue weighted by Gasteiger charge is -2.11. The Morgan fingerprint density at radius 1 is 1.17 bits per heavy atom. The highest BCUT2D eigenvalue weighted by Crippen LogP contribution is 2.24. The van der Waals surface area contributed by atoms with Crippen LogP contribution in [0.5, 0.6) is 0 Å². The summed E-state index contributed by atoms with van der Waals surface area (Å²) in [7, 11) is 0. The number of fused-ring (bicyclic) bond motifs is 2. The summed E-state index contributed by atoms with van der Waals surface area (Å²) < 4.78 is 1.91. The van der Waals surface area contributed by atoms with Crippen LogP contribution in [0.3, 0.4) is 0 Å². The number of nitrogen functional groups attached to an aromatic ring is 1. The Hall–Kier alpha value is -4.48. The highest BCUT2D eigenvalue weighted by molar-refractivity contribution is 6.31. The van der Waals surface area contributed by atoms with Gasteiger partial charge >= 0.3 is 0 Å². The summed E-state index contributed by atoms with van der Waals surface area (Å²) in [6.07, 6.45) is 4.90. The van der Waals surface area contributed by atoms with Crippen molar-refractivity contribution in [3.63, 3.8) is 0 Å². The fraction of sp³-hybridized carbons (Fsp3) is 0.148. The molecule has 178 valence electrons. The first-order chi connectivity index (χ1) is 17.3. The Labute approximate surface area is 212 Å². The number of amides is 1. The Balaban J connectivity index is 1.49. The van der Waals surface area contributed by atoms with Crippen LogP contribution in [-0.4, -0.2) is 25.4 Å². The molecule has 36 heavy (non-hydrogen) atoms. The van der Waals surface area contributed by atoms with Gasteiger partial charge in [-0.25, -0.2) is 9.97 Å². The zero-order valence-corrected chi connectivity index (χ0v) is 20.5. The minimum atomic E-state index is -0.263. The molecule has 0 fully saturated rings. The summed E-state index contributed by atoms with van der Waals surface area (Å²) in [4.78, 5) is 26.4. The maximum absolute atomic E-state index is 13.3. The Kier molecular flexibility index (Phi) is 6.00. The lowest BCUT2D eigenvalue weighted by Crippen LogP contribution is -2.24. The van der Waals surface area contributed by atoms with Crippen molar-refractivity contribution in [1.82, 2.24) is 24.8 Å². The van der Waals surface area contributed by atoms with E-state index in [1.54, 1.807) is 24.5 Å². The molecule has 0 unspecified atom stereocenters. The molecule has 0 saturated heterocycles. The molecule has 0 spiro atoms.